The number of hydrogen-bond donors (Lipinski definition) is 0. The van der Waals surface area contributed by atoms with Crippen molar-refractivity contribution in [3.05, 3.63) is 28.8 Å². The largest absolute Gasteiger partial charge is 0.465 e. The maximum atomic E-state index is 12.9. The summed E-state index contributed by atoms with van der Waals surface area (Å²) in [7, 11) is 1.06. The van der Waals surface area contributed by atoms with Gasteiger partial charge in [0, 0.05) is 11.6 Å². The lowest BCUT2D eigenvalue weighted by Crippen LogP contribution is -2.11. The van der Waals surface area contributed by atoms with Gasteiger partial charge in [-0.05, 0) is 0 Å². The van der Waals surface area contributed by atoms with Crippen LogP contribution in [0.15, 0.2) is 6.07 Å². The summed E-state index contributed by atoms with van der Waals surface area (Å²) >= 11 is 5.43. The zero-order valence-electron chi connectivity index (χ0n) is 8.14. The number of pyridine rings is 1. The van der Waals surface area contributed by atoms with Crippen LogP contribution in [-0.4, -0.2) is 18.1 Å². The van der Waals surface area contributed by atoms with E-state index in [0.717, 1.165) is 13.2 Å². The number of methoxy groups -OCH3 is 1. The van der Waals surface area contributed by atoms with Crippen LogP contribution in [0.4, 0.5) is 13.2 Å². The van der Waals surface area contributed by atoms with Gasteiger partial charge in [0.25, 0.3) is 6.43 Å². The van der Waals surface area contributed by atoms with E-state index in [2.05, 4.69) is 9.72 Å². The number of carbonyl (C=O) groups is 1. The third-order valence-electron chi connectivity index (χ3n) is 1.87. The first kappa shape index (κ1) is 12.8. The van der Waals surface area contributed by atoms with E-state index in [-0.39, 0.29) is 17.0 Å². The molecular weight excluding hydrogens is 247 g/mol. The van der Waals surface area contributed by atoms with Gasteiger partial charge in [0.1, 0.15) is 5.69 Å². The maximum Gasteiger partial charge on any atom is 0.338 e. The van der Waals surface area contributed by atoms with Crippen LogP contribution in [-0.2, 0) is 10.6 Å². The van der Waals surface area contributed by atoms with E-state index >= 15 is 0 Å². The van der Waals surface area contributed by atoms with Gasteiger partial charge < -0.3 is 4.74 Å². The number of aromatic nitrogens is 1. The van der Waals surface area contributed by atoms with Gasteiger partial charge in [-0.2, -0.15) is 4.39 Å². The van der Waals surface area contributed by atoms with E-state index in [1.807, 2.05) is 0 Å². The first-order chi connectivity index (χ1) is 7.51. The number of esters is 1. The molecule has 1 rings (SSSR count). The van der Waals surface area contributed by atoms with Crippen molar-refractivity contribution in [1.29, 1.82) is 0 Å². The van der Waals surface area contributed by atoms with Gasteiger partial charge in [-0.15, -0.1) is 11.6 Å². The normalized spacial score (nSPS) is 10.6. The van der Waals surface area contributed by atoms with Crippen molar-refractivity contribution in [3.63, 3.8) is 0 Å². The highest BCUT2D eigenvalue weighted by molar-refractivity contribution is 6.17. The molecule has 0 bridgehead atoms. The summed E-state index contributed by atoms with van der Waals surface area (Å²) in [4.78, 5) is 14.2. The smallest absolute Gasteiger partial charge is 0.338 e. The SMILES string of the molecule is COC(=O)c1cc(F)nc(C(F)F)c1CCl. The summed E-state index contributed by atoms with van der Waals surface area (Å²) in [5.41, 5.74) is -1.39. The zero-order chi connectivity index (χ0) is 12.3. The quantitative estimate of drug-likeness (QED) is 0.472. The van der Waals surface area contributed by atoms with Crippen LogP contribution in [0.5, 0.6) is 0 Å². The molecule has 1 aromatic heterocycles. The average molecular weight is 254 g/mol. The standard InChI is InChI=1S/C9H7ClF3NO2/c1-16-9(15)4-2-6(11)14-7(8(12)13)5(4)3-10/h2,8H,3H2,1H3. The minimum absolute atomic E-state index is 0.218. The van der Waals surface area contributed by atoms with Crippen LogP contribution < -0.4 is 0 Å². The highest BCUT2D eigenvalue weighted by Crippen LogP contribution is 2.26. The molecule has 7 heteroatoms. The third kappa shape index (κ3) is 2.44. The molecule has 0 unspecified atom stereocenters. The molecule has 3 nitrogen and oxygen atoms in total. The molecule has 0 fully saturated rings. The molecule has 0 radical (unpaired) electrons. The van der Waals surface area contributed by atoms with Crippen molar-refractivity contribution in [2.75, 3.05) is 7.11 Å². The molecule has 0 amide bonds. The number of ether oxygens (including phenoxy) is 1. The van der Waals surface area contributed by atoms with E-state index in [0.29, 0.717) is 0 Å². The van der Waals surface area contributed by atoms with E-state index in [9.17, 15) is 18.0 Å². The van der Waals surface area contributed by atoms with Gasteiger partial charge >= 0.3 is 5.97 Å². The molecule has 88 valence electrons. The average Bonchev–Trinajstić information content (AvgIpc) is 2.26. The summed E-state index contributed by atoms with van der Waals surface area (Å²) in [5.74, 6) is -2.49. The minimum Gasteiger partial charge on any atom is -0.465 e. The molecule has 0 aliphatic heterocycles. The van der Waals surface area contributed by atoms with Crippen molar-refractivity contribution in [1.82, 2.24) is 4.98 Å². The van der Waals surface area contributed by atoms with Crippen molar-refractivity contribution < 1.29 is 22.7 Å². The Hall–Kier alpha value is -1.30. The molecule has 0 atom stereocenters. The zero-order valence-corrected chi connectivity index (χ0v) is 8.89. The fourth-order valence-corrected chi connectivity index (χ4v) is 1.45. The van der Waals surface area contributed by atoms with E-state index in [1.165, 1.54) is 0 Å². The number of hydrogen-bond acceptors (Lipinski definition) is 3. The molecular formula is C9H7ClF3NO2. The Kier molecular flexibility index (Phi) is 4.12. The fraction of sp³-hybridized carbons (Fsp3) is 0.333. The van der Waals surface area contributed by atoms with Crippen LogP contribution in [0.3, 0.4) is 0 Å². The summed E-state index contributed by atoms with van der Waals surface area (Å²) < 4.78 is 42.2. The van der Waals surface area contributed by atoms with E-state index in [1.54, 1.807) is 0 Å². The summed E-state index contributed by atoms with van der Waals surface area (Å²) in [6.07, 6.45) is -3.01. The summed E-state index contributed by atoms with van der Waals surface area (Å²) in [5, 5.41) is 0. The Bertz CT molecular complexity index is 412. The van der Waals surface area contributed by atoms with Gasteiger partial charge in [0.15, 0.2) is 0 Å². The lowest BCUT2D eigenvalue weighted by atomic mass is 10.1. The van der Waals surface area contributed by atoms with Crippen molar-refractivity contribution >= 4 is 17.6 Å². The highest BCUT2D eigenvalue weighted by Gasteiger charge is 2.23. The number of nitrogens with zero attached hydrogens (tertiary/aromatic N) is 1. The van der Waals surface area contributed by atoms with Gasteiger partial charge in [0.2, 0.25) is 5.95 Å². The van der Waals surface area contributed by atoms with Gasteiger partial charge in [-0.1, -0.05) is 0 Å². The molecule has 1 heterocycles. The summed E-state index contributed by atoms with van der Waals surface area (Å²) in [6.45, 7) is 0. The number of halogens is 4. The first-order valence-electron chi connectivity index (χ1n) is 4.13. The van der Waals surface area contributed by atoms with Crippen molar-refractivity contribution in [2.45, 2.75) is 12.3 Å². The Labute approximate surface area is 94.2 Å². The van der Waals surface area contributed by atoms with Crippen LogP contribution >= 0.6 is 11.6 Å². The van der Waals surface area contributed by atoms with Crippen LogP contribution in [0, 0.1) is 5.95 Å². The van der Waals surface area contributed by atoms with Gasteiger partial charge in [-0.25, -0.2) is 18.6 Å². The van der Waals surface area contributed by atoms with Crippen LogP contribution in [0.2, 0.25) is 0 Å². The second kappa shape index (κ2) is 5.16. The predicted octanol–water partition coefficient (Wildman–Crippen LogP) is 2.68. The summed E-state index contributed by atoms with van der Waals surface area (Å²) in [6, 6.07) is 0.718. The van der Waals surface area contributed by atoms with E-state index in [4.69, 9.17) is 11.6 Å². The van der Waals surface area contributed by atoms with Gasteiger partial charge in [0.05, 0.1) is 18.6 Å². The molecule has 1 aromatic rings. The number of rotatable bonds is 3. The molecule has 0 saturated heterocycles. The maximum absolute atomic E-state index is 12.9. The van der Waals surface area contributed by atoms with Crippen molar-refractivity contribution in [3.8, 4) is 0 Å². The second-order valence-corrected chi connectivity index (χ2v) is 3.05. The Morgan fingerprint density at radius 1 is 1.62 bits per heavy atom. The lowest BCUT2D eigenvalue weighted by Gasteiger charge is -2.10. The molecule has 0 aromatic carbocycles. The van der Waals surface area contributed by atoms with Gasteiger partial charge in [-0.3, -0.25) is 0 Å². The van der Waals surface area contributed by atoms with Crippen molar-refractivity contribution in [2.24, 2.45) is 0 Å². The van der Waals surface area contributed by atoms with Crippen LogP contribution in [0.25, 0.3) is 0 Å². The fourth-order valence-electron chi connectivity index (χ4n) is 1.17. The first-order valence-corrected chi connectivity index (χ1v) is 4.66. The number of alkyl halides is 3. The monoisotopic (exact) mass is 253 g/mol. The Balaban J connectivity index is 3.41. The lowest BCUT2D eigenvalue weighted by molar-refractivity contribution is 0.0598. The predicted molar refractivity (Wildman–Crippen MR) is 50.0 cm³/mol. The second-order valence-electron chi connectivity index (χ2n) is 2.78. The Morgan fingerprint density at radius 3 is 2.69 bits per heavy atom. The molecule has 0 aliphatic carbocycles. The molecule has 0 saturated carbocycles. The molecule has 0 spiro atoms. The molecule has 16 heavy (non-hydrogen) atoms. The highest BCUT2D eigenvalue weighted by atomic mass is 35.5. The molecule has 0 N–H and O–H groups in total. The topological polar surface area (TPSA) is 39.2 Å². The Morgan fingerprint density at radius 2 is 2.25 bits per heavy atom. The van der Waals surface area contributed by atoms with E-state index < -0.39 is 24.0 Å². The third-order valence-corrected chi connectivity index (χ3v) is 2.14. The molecule has 0 aliphatic rings. The minimum atomic E-state index is -3.01. The van der Waals surface area contributed by atoms with Crippen LogP contribution in [0.1, 0.15) is 28.0 Å². The number of carbonyl (C=O) groups excluding carboxylic acids is 1.